The minimum atomic E-state index is -0.689. The Morgan fingerprint density at radius 2 is 1.34 bits per heavy atom. The Balaban J connectivity index is 2.08. The zero-order valence-electron chi connectivity index (χ0n) is 19.9. The second-order valence-electron chi connectivity index (χ2n) is 7.36. The van der Waals surface area contributed by atoms with Gasteiger partial charge in [0.2, 0.25) is 5.91 Å². The molecule has 182 valence electrons. The van der Waals surface area contributed by atoms with Gasteiger partial charge in [0.15, 0.2) is 0 Å². The number of nitrogen functional groups attached to an aromatic ring is 1. The number of amides is 2. The number of carbonyl (C=O) groups excluding carboxylic acids is 2. The van der Waals surface area contributed by atoms with E-state index in [1.807, 2.05) is 0 Å². The van der Waals surface area contributed by atoms with Gasteiger partial charge in [0.05, 0.1) is 39.7 Å². The number of hydrogen-bond donors (Lipinski definition) is 3. The Morgan fingerprint density at radius 3 is 1.86 bits per heavy atom. The molecule has 0 unspecified atom stereocenters. The molecule has 5 N–H and O–H groups in total. The van der Waals surface area contributed by atoms with Gasteiger partial charge in [-0.1, -0.05) is 6.07 Å². The van der Waals surface area contributed by atoms with Crippen molar-refractivity contribution in [3.05, 3.63) is 71.3 Å². The molecule has 0 saturated heterocycles. The van der Waals surface area contributed by atoms with Gasteiger partial charge in [0, 0.05) is 29.0 Å². The molecule has 0 aliphatic carbocycles. The van der Waals surface area contributed by atoms with Gasteiger partial charge in [-0.15, -0.1) is 0 Å². The molecule has 0 bridgehead atoms. The van der Waals surface area contributed by atoms with E-state index in [9.17, 15) is 9.59 Å². The van der Waals surface area contributed by atoms with Gasteiger partial charge >= 0.3 is 0 Å². The van der Waals surface area contributed by atoms with Crippen LogP contribution in [-0.4, -0.2) is 40.3 Å². The summed E-state index contributed by atoms with van der Waals surface area (Å²) >= 11 is 0. The number of anilines is 2. The molecule has 0 aromatic heterocycles. The fourth-order valence-electron chi connectivity index (χ4n) is 3.42. The first kappa shape index (κ1) is 25.0. The fraction of sp³-hybridized carbons (Fsp3) is 0.154. The minimum absolute atomic E-state index is 0.164. The summed E-state index contributed by atoms with van der Waals surface area (Å²) in [6.45, 7) is 0. The Labute approximate surface area is 203 Å². The highest BCUT2D eigenvalue weighted by Crippen LogP contribution is 2.37. The summed E-state index contributed by atoms with van der Waals surface area (Å²) in [5.74, 6) is 0.708. The molecule has 0 aliphatic heterocycles. The molecule has 9 heteroatoms. The van der Waals surface area contributed by atoms with Crippen molar-refractivity contribution in [2.24, 2.45) is 5.73 Å². The molecule has 0 spiro atoms. The summed E-state index contributed by atoms with van der Waals surface area (Å²) in [6.07, 6.45) is 1.56. The summed E-state index contributed by atoms with van der Waals surface area (Å²) in [5.41, 5.74) is 13.9. The monoisotopic (exact) mass is 477 g/mol. The van der Waals surface area contributed by atoms with Crippen LogP contribution < -0.4 is 35.7 Å². The van der Waals surface area contributed by atoms with E-state index in [-0.39, 0.29) is 11.5 Å². The number of nitrogens with two attached hydrogens (primary N) is 2. The van der Waals surface area contributed by atoms with E-state index in [0.29, 0.717) is 51.1 Å². The van der Waals surface area contributed by atoms with E-state index in [0.717, 1.165) is 0 Å². The molecule has 0 aliphatic rings. The minimum Gasteiger partial charge on any atom is -0.496 e. The van der Waals surface area contributed by atoms with E-state index in [1.165, 1.54) is 28.4 Å². The molecule has 3 rings (SSSR count). The number of ether oxygens (including phenoxy) is 4. The van der Waals surface area contributed by atoms with Crippen LogP contribution in [0.4, 0.5) is 11.4 Å². The van der Waals surface area contributed by atoms with E-state index in [4.69, 9.17) is 30.4 Å². The molecule has 3 aromatic carbocycles. The topological polar surface area (TPSA) is 135 Å². The SMILES string of the molecule is COc1cc(OC)c(C=C(C(N)=O)c2ccc(OC)c(NC(=O)c3ccc(N)cc3)c2)c(OC)c1. The molecule has 0 atom stereocenters. The summed E-state index contributed by atoms with van der Waals surface area (Å²) < 4.78 is 21.6. The second kappa shape index (κ2) is 11.0. The van der Waals surface area contributed by atoms with E-state index in [1.54, 1.807) is 60.7 Å². The molecular formula is C26H27N3O6. The number of hydrogen-bond acceptors (Lipinski definition) is 7. The van der Waals surface area contributed by atoms with Crippen molar-refractivity contribution < 1.29 is 28.5 Å². The first-order valence-corrected chi connectivity index (χ1v) is 10.5. The highest BCUT2D eigenvalue weighted by atomic mass is 16.5. The predicted molar refractivity (Wildman–Crippen MR) is 135 cm³/mol. The number of primary amides is 1. The van der Waals surface area contributed by atoms with E-state index < -0.39 is 5.91 Å². The standard InChI is InChI=1S/C26H27N3O6/c1-32-18-12-23(34-3)20(24(13-18)35-4)14-19(25(28)30)16-7-10-22(33-2)21(11-16)29-26(31)15-5-8-17(27)9-6-15/h5-14H,27H2,1-4H3,(H2,28,30)(H,29,31). The number of benzene rings is 3. The number of rotatable bonds is 9. The predicted octanol–water partition coefficient (Wildman–Crippen LogP) is 3.58. The van der Waals surface area contributed by atoms with Crippen LogP contribution >= 0.6 is 0 Å². The molecule has 9 nitrogen and oxygen atoms in total. The van der Waals surface area contributed by atoms with Crippen molar-refractivity contribution in [1.29, 1.82) is 0 Å². The first-order chi connectivity index (χ1) is 16.8. The highest BCUT2D eigenvalue weighted by molar-refractivity contribution is 6.24. The molecule has 0 fully saturated rings. The largest absolute Gasteiger partial charge is 0.496 e. The lowest BCUT2D eigenvalue weighted by Crippen LogP contribution is -2.15. The molecule has 0 saturated carbocycles. The third kappa shape index (κ3) is 5.64. The van der Waals surface area contributed by atoms with Crippen molar-refractivity contribution >= 4 is 34.8 Å². The normalized spacial score (nSPS) is 10.9. The Hall–Kier alpha value is -4.66. The van der Waals surface area contributed by atoms with E-state index in [2.05, 4.69) is 5.32 Å². The summed E-state index contributed by atoms with van der Waals surface area (Å²) in [7, 11) is 5.99. The zero-order chi connectivity index (χ0) is 25.5. The van der Waals surface area contributed by atoms with Gasteiger partial charge in [-0.25, -0.2) is 0 Å². The Morgan fingerprint density at radius 1 is 0.771 bits per heavy atom. The van der Waals surface area contributed by atoms with Crippen LogP contribution in [0.25, 0.3) is 11.6 Å². The Bertz CT molecular complexity index is 1240. The summed E-state index contributed by atoms with van der Waals surface area (Å²) in [5, 5.41) is 2.81. The Kier molecular flexibility index (Phi) is 7.83. The molecule has 2 amide bonds. The zero-order valence-corrected chi connectivity index (χ0v) is 19.9. The smallest absolute Gasteiger partial charge is 0.255 e. The quantitative estimate of drug-likeness (QED) is 0.243. The lowest BCUT2D eigenvalue weighted by atomic mass is 10.00. The molecule has 0 radical (unpaired) electrons. The van der Waals surface area contributed by atoms with Crippen molar-refractivity contribution in [2.45, 2.75) is 0 Å². The van der Waals surface area contributed by atoms with Crippen LogP contribution in [0, 0.1) is 0 Å². The van der Waals surface area contributed by atoms with Crippen LogP contribution in [-0.2, 0) is 4.79 Å². The van der Waals surface area contributed by atoms with Crippen LogP contribution in [0.2, 0.25) is 0 Å². The summed E-state index contributed by atoms with van der Waals surface area (Å²) in [4.78, 5) is 25.3. The number of nitrogens with one attached hydrogen (secondary N) is 1. The first-order valence-electron chi connectivity index (χ1n) is 10.5. The fourth-order valence-corrected chi connectivity index (χ4v) is 3.42. The average Bonchev–Trinajstić information content (AvgIpc) is 2.86. The second-order valence-corrected chi connectivity index (χ2v) is 7.36. The number of methoxy groups -OCH3 is 4. The molecule has 0 heterocycles. The van der Waals surface area contributed by atoms with Crippen molar-refractivity contribution in [1.82, 2.24) is 0 Å². The van der Waals surface area contributed by atoms with Gasteiger partial charge in [0.25, 0.3) is 5.91 Å². The van der Waals surface area contributed by atoms with Gasteiger partial charge in [-0.3, -0.25) is 9.59 Å². The van der Waals surface area contributed by atoms with Crippen LogP contribution in [0.1, 0.15) is 21.5 Å². The van der Waals surface area contributed by atoms with Gasteiger partial charge in [-0.05, 0) is 48.0 Å². The maximum atomic E-state index is 12.8. The lowest BCUT2D eigenvalue weighted by molar-refractivity contribution is -0.112. The molecule has 3 aromatic rings. The van der Waals surface area contributed by atoms with Crippen molar-refractivity contribution in [3.8, 4) is 23.0 Å². The maximum Gasteiger partial charge on any atom is 0.255 e. The summed E-state index contributed by atoms with van der Waals surface area (Å²) in [6, 6.07) is 14.7. The highest BCUT2D eigenvalue weighted by Gasteiger charge is 2.18. The van der Waals surface area contributed by atoms with E-state index >= 15 is 0 Å². The lowest BCUT2D eigenvalue weighted by Gasteiger charge is -2.15. The third-order valence-corrected chi connectivity index (χ3v) is 5.24. The van der Waals surface area contributed by atoms with Crippen LogP contribution in [0.5, 0.6) is 23.0 Å². The van der Waals surface area contributed by atoms with Gasteiger partial charge in [-0.2, -0.15) is 0 Å². The van der Waals surface area contributed by atoms with Gasteiger partial charge in [0.1, 0.15) is 23.0 Å². The van der Waals surface area contributed by atoms with Crippen LogP contribution in [0.15, 0.2) is 54.6 Å². The van der Waals surface area contributed by atoms with Crippen LogP contribution in [0.3, 0.4) is 0 Å². The molecular weight excluding hydrogens is 450 g/mol. The average molecular weight is 478 g/mol. The third-order valence-electron chi connectivity index (χ3n) is 5.24. The van der Waals surface area contributed by atoms with Gasteiger partial charge < -0.3 is 35.7 Å². The number of carbonyl (C=O) groups is 2. The van der Waals surface area contributed by atoms with Crippen molar-refractivity contribution in [2.75, 3.05) is 39.5 Å². The molecule has 35 heavy (non-hydrogen) atoms. The van der Waals surface area contributed by atoms with Crippen molar-refractivity contribution in [3.63, 3.8) is 0 Å². The maximum absolute atomic E-state index is 12.8.